The SMILES string of the molecule is CCCOc1nc(Cl)nc(NC(C)c2cc(C)sc2C)n1. The molecular weight excluding hydrogens is 308 g/mol. The number of anilines is 1. The lowest BCUT2D eigenvalue weighted by Crippen LogP contribution is -2.11. The minimum absolute atomic E-state index is 0.0902. The van der Waals surface area contributed by atoms with Crippen LogP contribution in [0.15, 0.2) is 6.07 Å². The van der Waals surface area contributed by atoms with Gasteiger partial charge in [-0.3, -0.25) is 0 Å². The van der Waals surface area contributed by atoms with E-state index in [2.05, 4.69) is 47.1 Å². The van der Waals surface area contributed by atoms with E-state index in [9.17, 15) is 0 Å². The molecule has 0 saturated heterocycles. The summed E-state index contributed by atoms with van der Waals surface area (Å²) in [5, 5.41) is 3.38. The number of hydrogen-bond donors (Lipinski definition) is 1. The molecule has 2 aromatic heterocycles. The first-order valence-corrected chi connectivity index (χ1v) is 8.07. The van der Waals surface area contributed by atoms with Gasteiger partial charge in [0.05, 0.1) is 12.6 Å². The van der Waals surface area contributed by atoms with Crippen LogP contribution in [0.5, 0.6) is 6.01 Å². The van der Waals surface area contributed by atoms with E-state index in [1.807, 2.05) is 6.92 Å². The third-order valence-electron chi connectivity index (χ3n) is 2.91. The molecule has 114 valence electrons. The van der Waals surface area contributed by atoms with Crippen molar-refractivity contribution in [3.05, 3.63) is 26.7 Å². The van der Waals surface area contributed by atoms with Gasteiger partial charge in [0, 0.05) is 9.75 Å². The molecule has 21 heavy (non-hydrogen) atoms. The largest absolute Gasteiger partial charge is 0.463 e. The van der Waals surface area contributed by atoms with Crippen LogP contribution in [0.1, 0.15) is 41.6 Å². The van der Waals surface area contributed by atoms with Crippen LogP contribution < -0.4 is 10.1 Å². The zero-order valence-corrected chi connectivity index (χ0v) is 14.2. The molecule has 0 amide bonds. The molecule has 0 saturated carbocycles. The quantitative estimate of drug-likeness (QED) is 0.863. The number of aromatic nitrogens is 3. The highest BCUT2D eigenvalue weighted by Gasteiger charge is 2.14. The van der Waals surface area contributed by atoms with Gasteiger partial charge in [-0.2, -0.15) is 15.0 Å². The number of halogens is 1. The predicted molar refractivity (Wildman–Crippen MR) is 86.5 cm³/mol. The first-order chi connectivity index (χ1) is 9.99. The van der Waals surface area contributed by atoms with Gasteiger partial charge in [-0.05, 0) is 50.4 Å². The highest BCUT2D eigenvalue weighted by Crippen LogP contribution is 2.28. The summed E-state index contributed by atoms with van der Waals surface area (Å²) in [6, 6.07) is 2.52. The van der Waals surface area contributed by atoms with Gasteiger partial charge in [-0.1, -0.05) is 6.92 Å². The Morgan fingerprint density at radius 2 is 2.10 bits per heavy atom. The van der Waals surface area contributed by atoms with Crippen molar-refractivity contribution in [3.8, 4) is 6.01 Å². The summed E-state index contributed by atoms with van der Waals surface area (Å²) in [5.74, 6) is 0.428. The molecule has 0 spiro atoms. The van der Waals surface area contributed by atoms with Gasteiger partial charge in [0.1, 0.15) is 0 Å². The molecule has 0 radical (unpaired) electrons. The van der Waals surface area contributed by atoms with Crippen molar-refractivity contribution in [3.63, 3.8) is 0 Å². The van der Waals surface area contributed by atoms with Crippen molar-refractivity contribution in [1.82, 2.24) is 15.0 Å². The normalized spacial score (nSPS) is 12.2. The number of nitrogens with one attached hydrogen (secondary N) is 1. The predicted octanol–water partition coefficient (Wildman–Crippen LogP) is 4.17. The van der Waals surface area contributed by atoms with E-state index in [1.54, 1.807) is 11.3 Å². The van der Waals surface area contributed by atoms with Crippen molar-refractivity contribution in [2.24, 2.45) is 0 Å². The Labute approximate surface area is 133 Å². The van der Waals surface area contributed by atoms with Gasteiger partial charge in [0.25, 0.3) is 0 Å². The van der Waals surface area contributed by atoms with Crippen molar-refractivity contribution in [1.29, 1.82) is 0 Å². The molecule has 0 fully saturated rings. The van der Waals surface area contributed by atoms with Crippen molar-refractivity contribution in [2.75, 3.05) is 11.9 Å². The van der Waals surface area contributed by atoms with Gasteiger partial charge >= 0.3 is 6.01 Å². The maximum atomic E-state index is 5.91. The lowest BCUT2D eigenvalue weighted by atomic mass is 10.1. The van der Waals surface area contributed by atoms with Crippen LogP contribution in [0.2, 0.25) is 5.28 Å². The molecular formula is C14H19ClN4OS. The minimum Gasteiger partial charge on any atom is -0.463 e. The average Bonchev–Trinajstić information content (AvgIpc) is 2.75. The van der Waals surface area contributed by atoms with Crippen LogP contribution in [0.3, 0.4) is 0 Å². The van der Waals surface area contributed by atoms with Gasteiger partial charge < -0.3 is 10.1 Å². The number of hydrogen-bond acceptors (Lipinski definition) is 6. The molecule has 0 aliphatic carbocycles. The number of aryl methyl sites for hydroxylation is 2. The molecule has 1 unspecified atom stereocenters. The Morgan fingerprint density at radius 1 is 1.33 bits per heavy atom. The van der Waals surface area contributed by atoms with Crippen molar-refractivity contribution in [2.45, 2.75) is 40.2 Å². The summed E-state index contributed by atoms with van der Waals surface area (Å²) in [6.45, 7) is 8.86. The van der Waals surface area contributed by atoms with Crippen LogP contribution in [-0.2, 0) is 0 Å². The number of thiophene rings is 1. The van der Waals surface area contributed by atoms with E-state index in [0.29, 0.717) is 12.6 Å². The van der Waals surface area contributed by atoms with E-state index in [4.69, 9.17) is 16.3 Å². The maximum absolute atomic E-state index is 5.91. The Balaban J connectivity index is 2.14. The molecule has 1 atom stereocenters. The first kappa shape index (κ1) is 16.0. The lowest BCUT2D eigenvalue weighted by Gasteiger charge is -2.14. The Hall–Kier alpha value is -1.40. The van der Waals surface area contributed by atoms with E-state index >= 15 is 0 Å². The van der Waals surface area contributed by atoms with E-state index in [1.165, 1.54) is 15.3 Å². The molecule has 5 nitrogen and oxygen atoms in total. The van der Waals surface area contributed by atoms with Crippen molar-refractivity contribution >= 4 is 28.9 Å². The van der Waals surface area contributed by atoms with E-state index in [0.717, 1.165) is 6.42 Å². The smallest absolute Gasteiger partial charge is 0.322 e. The fraction of sp³-hybridized carbons (Fsp3) is 0.500. The van der Waals surface area contributed by atoms with Crippen molar-refractivity contribution < 1.29 is 4.74 Å². The van der Waals surface area contributed by atoms with Gasteiger partial charge in [-0.25, -0.2) is 0 Å². The second-order valence-electron chi connectivity index (χ2n) is 4.79. The molecule has 2 aromatic rings. The second kappa shape index (κ2) is 7.04. The fourth-order valence-corrected chi connectivity index (χ4v) is 3.18. The van der Waals surface area contributed by atoms with Gasteiger partial charge in [-0.15, -0.1) is 11.3 Å². The Bertz CT molecular complexity index is 617. The maximum Gasteiger partial charge on any atom is 0.322 e. The highest BCUT2D eigenvalue weighted by atomic mass is 35.5. The first-order valence-electron chi connectivity index (χ1n) is 6.87. The highest BCUT2D eigenvalue weighted by molar-refractivity contribution is 7.12. The summed E-state index contributed by atoms with van der Waals surface area (Å²) in [5.41, 5.74) is 1.24. The molecule has 2 heterocycles. The van der Waals surface area contributed by atoms with Crippen LogP contribution >= 0.6 is 22.9 Å². The van der Waals surface area contributed by atoms with Gasteiger partial charge in [0.15, 0.2) is 0 Å². The average molecular weight is 327 g/mol. The van der Waals surface area contributed by atoms with Crippen LogP contribution in [0.25, 0.3) is 0 Å². The van der Waals surface area contributed by atoms with Crippen LogP contribution in [0.4, 0.5) is 5.95 Å². The van der Waals surface area contributed by atoms with Crippen LogP contribution in [-0.4, -0.2) is 21.6 Å². The summed E-state index contributed by atoms with van der Waals surface area (Å²) in [6.07, 6.45) is 0.885. The Kier molecular flexibility index (Phi) is 5.36. The topological polar surface area (TPSA) is 59.9 Å². The molecule has 0 aromatic carbocycles. The molecule has 2 rings (SSSR count). The monoisotopic (exact) mass is 326 g/mol. The molecule has 0 aliphatic heterocycles. The van der Waals surface area contributed by atoms with Gasteiger partial charge in [0.2, 0.25) is 11.2 Å². The van der Waals surface area contributed by atoms with E-state index < -0.39 is 0 Å². The third kappa shape index (κ3) is 4.28. The molecule has 7 heteroatoms. The van der Waals surface area contributed by atoms with Crippen LogP contribution in [0, 0.1) is 13.8 Å². The summed E-state index contributed by atoms with van der Waals surface area (Å²) in [4.78, 5) is 14.9. The second-order valence-corrected chi connectivity index (χ2v) is 6.59. The molecule has 0 aliphatic rings. The zero-order valence-electron chi connectivity index (χ0n) is 12.6. The standard InChI is InChI=1S/C14H19ClN4OS/c1-5-6-20-14-18-12(15)17-13(19-14)16-9(3)11-7-8(2)21-10(11)4/h7,9H,5-6H2,1-4H3,(H,16,17,18,19). The fourth-order valence-electron chi connectivity index (χ4n) is 2.01. The molecule has 1 N–H and O–H groups in total. The molecule has 0 bridgehead atoms. The Morgan fingerprint density at radius 3 is 2.71 bits per heavy atom. The lowest BCUT2D eigenvalue weighted by molar-refractivity contribution is 0.291. The number of nitrogens with zero attached hydrogens (tertiary/aromatic N) is 3. The summed E-state index contributed by atoms with van der Waals surface area (Å²) >= 11 is 7.70. The zero-order chi connectivity index (χ0) is 15.4. The third-order valence-corrected chi connectivity index (χ3v) is 4.07. The minimum atomic E-state index is 0.0902. The summed E-state index contributed by atoms with van der Waals surface area (Å²) < 4.78 is 5.41. The number of ether oxygens (including phenoxy) is 1. The van der Waals surface area contributed by atoms with E-state index in [-0.39, 0.29) is 17.3 Å². The number of rotatable bonds is 6. The summed E-state index contributed by atoms with van der Waals surface area (Å²) in [7, 11) is 0.